The largest absolute Gasteiger partial charge is 0.481 e. The third-order valence-electron chi connectivity index (χ3n) is 5.76. The first kappa shape index (κ1) is 22.7. The average molecular weight is 445 g/mol. The Morgan fingerprint density at radius 3 is 2.52 bits per heavy atom. The Morgan fingerprint density at radius 1 is 1.06 bits per heavy atom. The number of hydrogen-bond acceptors (Lipinski definition) is 5. The molecule has 4 rings (SSSR count). The normalized spacial score (nSPS) is 12.2. The SMILES string of the molecule is CCc1ccc(-c2c(-c3ccccc3)oc3ncnc(CC[C@@H](C)OCCC(=O)O)c23)cc1. The molecule has 2 aromatic heterocycles. The van der Waals surface area contributed by atoms with Crippen LogP contribution in [0.4, 0.5) is 0 Å². The van der Waals surface area contributed by atoms with Crippen molar-refractivity contribution in [2.75, 3.05) is 6.61 Å². The van der Waals surface area contributed by atoms with Gasteiger partial charge in [0.25, 0.3) is 0 Å². The van der Waals surface area contributed by atoms with Gasteiger partial charge in [0.15, 0.2) is 0 Å². The van der Waals surface area contributed by atoms with Gasteiger partial charge in [0, 0.05) is 11.1 Å². The molecule has 0 aliphatic carbocycles. The fourth-order valence-corrected chi connectivity index (χ4v) is 3.93. The fourth-order valence-electron chi connectivity index (χ4n) is 3.93. The first-order valence-corrected chi connectivity index (χ1v) is 11.3. The maximum atomic E-state index is 10.7. The van der Waals surface area contributed by atoms with Crippen LogP contribution >= 0.6 is 0 Å². The third-order valence-corrected chi connectivity index (χ3v) is 5.76. The first-order chi connectivity index (χ1) is 16.1. The Balaban J connectivity index is 1.73. The van der Waals surface area contributed by atoms with Crippen molar-refractivity contribution < 1.29 is 19.1 Å². The molecule has 0 aliphatic heterocycles. The Morgan fingerprint density at radius 2 is 1.82 bits per heavy atom. The second-order valence-electron chi connectivity index (χ2n) is 8.09. The number of fused-ring (bicyclic) bond motifs is 1. The van der Waals surface area contributed by atoms with Gasteiger partial charge in [0.2, 0.25) is 5.71 Å². The summed E-state index contributed by atoms with van der Waals surface area (Å²) in [6.07, 6.45) is 3.82. The highest BCUT2D eigenvalue weighted by Gasteiger charge is 2.22. The van der Waals surface area contributed by atoms with Crippen LogP contribution in [0.2, 0.25) is 0 Å². The number of aromatic nitrogens is 2. The molecular weight excluding hydrogens is 416 g/mol. The van der Waals surface area contributed by atoms with Crippen molar-refractivity contribution in [2.45, 2.75) is 45.6 Å². The summed E-state index contributed by atoms with van der Waals surface area (Å²) in [6, 6.07) is 18.6. The highest BCUT2D eigenvalue weighted by molar-refractivity contribution is 6.01. The van der Waals surface area contributed by atoms with E-state index in [-0.39, 0.29) is 19.1 Å². The van der Waals surface area contributed by atoms with Gasteiger partial charge in [-0.15, -0.1) is 0 Å². The number of carboxylic acid groups (broad SMARTS) is 1. The average Bonchev–Trinajstić information content (AvgIpc) is 3.23. The van der Waals surface area contributed by atoms with Crippen molar-refractivity contribution in [1.29, 1.82) is 0 Å². The monoisotopic (exact) mass is 444 g/mol. The van der Waals surface area contributed by atoms with Crippen molar-refractivity contribution in [2.24, 2.45) is 0 Å². The molecule has 0 unspecified atom stereocenters. The first-order valence-electron chi connectivity index (χ1n) is 11.3. The molecular formula is C27H28N2O4. The van der Waals surface area contributed by atoms with Crippen LogP contribution in [0.1, 0.15) is 37.9 Å². The number of carboxylic acids is 1. The van der Waals surface area contributed by atoms with Gasteiger partial charge in [-0.05, 0) is 37.3 Å². The number of furan rings is 1. The van der Waals surface area contributed by atoms with Crippen molar-refractivity contribution in [1.82, 2.24) is 9.97 Å². The van der Waals surface area contributed by atoms with Gasteiger partial charge in [0.05, 0.1) is 30.2 Å². The molecule has 0 radical (unpaired) electrons. The summed E-state index contributed by atoms with van der Waals surface area (Å²) in [5, 5.41) is 9.73. The molecule has 4 aromatic rings. The van der Waals surface area contributed by atoms with Crippen LogP contribution in [0.3, 0.4) is 0 Å². The number of benzene rings is 2. The van der Waals surface area contributed by atoms with E-state index in [9.17, 15) is 4.79 Å². The molecule has 2 heterocycles. The summed E-state index contributed by atoms with van der Waals surface area (Å²) in [5.74, 6) is -0.0763. The van der Waals surface area contributed by atoms with E-state index in [4.69, 9.17) is 14.3 Å². The number of carbonyl (C=O) groups is 1. The smallest absolute Gasteiger partial charge is 0.305 e. The molecule has 1 atom stereocenters. The molecule has 33 heavy (non-hydrogen) atoms. The van der Waals surface area contributed by atoms with E-state index in [1.165, 1.54) is 11.9 Å². The molecule has 0 bridgehead atoms. The lowest BCUT2D eigenvalue weighted by Crippen LogP contribution is -2.13. The molecule has 0 aliphatic rings. The highest BCUT2D eigenvalue weighted by atomic mass is 16.5. The van der Waals surface area contributed by atoms with E-state index in [0.29, 0.717) is 18.6 Å². The summed E-state index contributed by atoms with van der Waals surface area (Å²) in [5.41, 5.74) is 5.78. The van der Waals surface area contributed by atoms with Gasteiger partial charge in [-0.3, -0.25) is 4.79 Å². The summed E-state index contributed by atoms with van der Waals surface area (Å²) < 4.78 is 11.9. The van der Waals surface area contributed by atoms with E-state index in [2.05, 4.69) is 41.2 Å². The van der Waals surface area contributed by atoms with Crippen LogP contribution in [-0.4, -0.2) is 33.8 Å². The number of ether oxygens (including phenoxy) is 1. The van der Waals surface area contributed by atoms with Crippen molar-refractivity contribution in [3.05, 3.63) is 72.2 Å². The van der Waals surface area contributed by atoms with Gasteiger partial charge in [0.1, 0.15) is 12.1 Å². The minimum Gasteiger partial charge on any atom is -0.481 e. The molecule has 0 fully saturated rings. The Kier molecular flexibility index (Phi) is 7.15. The molecule has 2 aromatic carbocycles. The van der Waals surface area contributed by atoms with Crippen molar-refractivity contribution in [3.63, 3.8) is 0 Å². The Hall–Kier alpha value is -3.51. The van der Waals surface area contributed by atoms with E-state index in [1.807, 2.05) is 37.3 Å². The predicted molar refractivity (Wildman–Crippen MR) is 128 cm³/mol. The lowest BCUT2D eigenvalue weighted by Gasteiger charge is -2.12. The predicted octanol–water partition coefficient (Wildman–Crippen LogP) is 5.93. The quantitative estimate of drug-likeness (QED) is 0.326. The molecule has 1 N–H and O–H groups in total. The van der Waals surface area contributed by atoms with E-state index < -0.39 is 5.97 Å². The maximum Gasteiger partial charge on any atom is 0.305 e. The van der Waals surface area contributed by atoms with E-state index >= 15 is 0 Å². The van der Waals surface area contributed by atoms with Gasteiger partial charge < -0.3 is 14.3 Å². The zero-order valence-corrected chi connectivity index (χ0v) is 19.0. The highest BCUT2D eigenvalue weighted by Crippen LogP contribution is 2.41. The molecule has 0 spiro atoms. The molecule has 0 saturated carbocycles. The van der Waals surface area contributed by atoms with Crippen LogP contribution in [0.15, 0.2) is 65.3 Å². The van der Waals surface area contributed by atoms with Gasteiger partial charge in [-0.2, -0.15) is 0 Å². The molecule has 0 amide bonds. The number of aryl methyl sites for hydroxylation is 2. The minimum atomic E-state index is -0.856. The standard InChI is InChI=1S/C27H28N2O4/c1-3-19-10-12-20(13-11-19)24-25-22(14-9-18(2)32-16-15-23(30)31)28-17-29-27(25)33-26(24)21-7-5-4-6-8-21/h4-8,10-13,17-18H,3,9,14-16H2,1-2H3,(H,30,31)/t18-/m1/s1. The zero-order chi connectivity index (χ0) is 23.2. The van der Waals surface area contributed by atoms with Crippen molar-refractivity contribution >= 4 is 17.1 Å². The van der Waals surface area contributed by atoms with E-state index in [0.717, 1.165) is 40.0 Å². The molecule has 0 saturated heterocycles. The Labute approximate surface area is 193 Å². The molecule has 170 valence electrons. The fraction of sp³-hybridized carbons (Fsp3) is 0.296. The second kappa shape index (κ2) is 10.4. The minimum absolute atomic E-state index is 0.00214. The summed E-state index contributed by atoms with van der Waals surface area (Å²) in [7, 11) is 0. The Bertz CT molecular complexity index is 1220. The van der Waals surface area contributed by atoms with Crippen LogP contribution in [0.25, 0.3) is 33.6 Å². The second-order valence-corrected chi connectivity index (χ2v) is 8.09. The number of nitrogens with zero attached hydrogens (tertiary/aromatic N) is 2. The summed E-state index contributed by atoms with van der Waals surface area (Å²) in [4.78, 5) is 19.8. The summed E-state index contributed by atoms with van der Waals surface area (Å²) in [6.45, 7) is 4.30. The molecule has 6 heteroatoms. The van der Waals surface area contributed by atoms with Crippen LogP contribution in [0.5, 0.6) is 0 Å². The van der Waals surface area contributed by atoms with Crippen LogP contribution in [0, 0.1) is 0 Å². The number of rotatable bonds is 10. The molecule has 6 nitrogen and oxygen atoms in total. The lowest BCUT2D eigenvalue weighted by molar-refractivity contribution is -0.138. The zero-order valence-electron chi connectivity index (χ0n) is 19.0. The number of aliphatic carboxylic acids is 1. The van der Waals surface area contributed by atoms with Gasteiger partial charge in [-0.1, -0.05) is 61.5 Å². The van der Waals surface area contributed by atoms with Gasteiger partial charge >= 0.3 is 5.97 Å². The van der Waals surface area contributed by atoms with E-state index in [1.54, 1.807) is 0 Å². The van der Waals surface area contributed by atoms with Gasteiger partial charge in [-0.25, -0.2) is 9.97 Å². The lowest BCUT2D eigenvalue weighted by atomic mass is 9.96. The summed E-state index contributed by atoms with van der Waals surface area (Å²) >= 11 is 0. The van der Waals surface area contributed by atoms with Crippen molar-refractivity contribution in [3.8, 4) is 22.5 Å². The topological polar surface area (TPSA) is 85.5 Å². The van der Waals surface area contributed by atoms with Crippen LogP contribution < -0.4 is 0 Å². The third kappa shape index (κ3) is 5.29. The van der Waals surface area contributed by atoms with Crippen LogP contribution in [-0.2, 0) is 22.4 Å². The number of hydrogen-bond donors (Lipinski definition) is 1. The maximum absolute atomic E-state index is 10.7.